The van der Waals surface area contributed by atoms with Gasteiger partial charge in [-0.1, -0.05) is 67.6 Å². The molecule has 0 saturated heterocycles. The molecule has 3 nitrogen and oxygen atoms in total. The Kier molecular flexibility index (Phi) is 5.99. The highest BCUT2D eigenvalue weighted by Gasteiger charge is 2.23. The lowest BCUT2D eigenvalue weighted by molar-refractivity contribution is 0.0978. The highest BCUT2D eigenvalue weighted by atomic mass is 16.5. The van der Waals surface area contributed by atoms with E-state index in [0.717, 1.165) is 29.8 Å². The van der Waals surface area contributed by atoms with Crippen molar-refractivity contribution < 1.29 is 9.53 Å². The zero-order valence-corrected chi connectivity index (χ0v) is 17.5. The Morgan fingerprint density at radius 2 is 1.63 bits per heavy atom. The molecule has 30 heavy (non-hydrogen) atoms. The lowest BCUT2D eigenvalue weighted by atomic mass is 9.85. The van der Waals surface area contributed by atoms with E-state index in [9.17, 15) is 4.79 Å². The predicted octanol–water partition coefficient (Wildman–Crippen LogP) is 6.46. The summed E-state index contributed by atoms with van der Waals surface area (Å²) in [5.41, 5.74) is 4.31. The number of hydrogen-bond donors (Lipinski definition) is 0. The summed E-state index contributed by atoms with van der Waals surface area (Å²) in [7, 11) is 1.67. The van der Waals surface area contributed by atoms with Crippen molar-refractivity contribution in [1.29, 1.82) is 0 Å². The number of carbonyl (C=O) groups is 1. The molecule has 0 amide bonds. The van der Waals surface area contributed by atoms with Gasteiger partial charge < -0.3 is 9.30 Å². The fraction of sp³-hybridized carbons (Fsp3) is 0.222. The highest BCUT2D eigenvalue weighted by molar-refractivity contribution is 5.97. The van der Waals surface area contributed by atoms with E-state index < -0.39 is 0 Å². The molecule has 0 fully saturated rings. The van der Waals surface area contributed by atoms with Gasteiger partial charge in [0, 0.05) is 41.5 Å². The number of aromatic nitrogens is 1. The number of Topliss-reactive ketones (excluding diaryl/α,β-unsaturated/α-hetero) is 1. The Bertz CT molecular complexity index is 1130. The molecule has 0 spiro atoms. The lowest BCUT2D eigenvalue weighted by Gasteiger charge is -2.17. The maximum atomic E-state index is 13.2. The fourth-order valence-corrected chi connectivity index (χ4v) is 4.15. The minimum atomic E-state index is -0.0216. The van der Waals surface area contributed by atoms with E-state index in [1.807, 2.05) is 42.5 Å². The van der Waals surface area contributed by atoms with Crippen molar-refractivity contribution in [3.05, 3.63) is 102 Å². The number of ketones is 1. The van der Waals surface area contributed by atoms with Crippen molar-refractivity contribution in [2.45, 2.75) is 32.2 Å². The predicted molar refractivity (Wildman–Crippen MR) is 122 cm³/mol. The molecule has 0 N–H and O–H groups in total. The number of benzene rings is 3. The SMILES string of the molecule is CCCn1cc(C(CC(=O)c2ccccc2)c2ccc(OC)cc2)c2ccccc21. The number of aryl methyl sites for hydroxylation is 1. The van der Waals surface area contributed by atoms with Crippen molar-refractivity contribution in [2.75, 3.05) is 7.11 Å². The average Bonchev–Trinajstić information content (AvgIpc) is 3.16. The molecule has 152 valence electrons. The van der Waals surface area contributed by atoms with Crippen molar-refractivity contribution >= 4 is 16.7 Å². The smallest absolute Gasteiger partial charge is 0.163 e. The van der Waals surface area contributed by atoms with Crippen LogP contribution in [0, 0.1) is 0 Å². The molecule has 1 aromatic heterocycles. The second-order valence-electron chi connectivity index (χ2n) is 7.61. The minimum absolute atomic E-state index is 0.0216. The third-order valence-electron chi connectivity index (χ3n) is 5.66. The molecule has 3 aromatic carbocycles. The van der Waals surface area contributed by atoms with E-state index in [2.05, 4.69) is 54.1 Å². The zero-order valence-electron chi connectivity index (χ0n) is 17.5. The first-order chi connectivity index (χ1) is 14.7. The van der Waals surface area contributed by atoms with Crippen LogP contribution in [0.25, 0.3) is 10.9 Å². The summed E-state index contributed by atoms with van der Waals surface area (Å²) in [5, 5.41) is 1.22. The van der Waals surface area contributed by atoms with Crippen LogP contribution >= 0.6 is 0 Å². The molecular weight excluding hydrogens is 370 g/mol. The minimum Gasteiger partial charge on any atom is -0.497 e. The second kappa shape index (κ2) is 9.00. The van der Waals surface area contributed by atoms with Crippen molar-refractivity contribution in [1.82, 2.24) is 4.57 Å². The molecule has 0 saturated carbocycles. The first-order valence-electron chi connectivity index (χ1n) is 10.5. The Morgan fingerprint density at radius 3 is 2.33 bits per heavy atom. The number of carbonyl (C=O) groups excluding carboxylic acids is 1. The van der Waals surface area contributed by atoms with Crippen LogP contribution in [0.2, 0.25) is 0 Å². The van der Waals surface area contributed by atoms with Gasteiger partial charge in [-0.3, -0.25) is 4.79 Å². The molecule has 0 bridgehead atoms. The largest absolute Gasteiger partial charge is 0.497 e. The van der Waals surface area contributed by atoms with Gasteiger partial charge in [0.05, 0.1) is 7.11 Å². The third kappa shape index (κ3) is 4.02. The number of fused-ring (bicyclic) bond motifs is 1. The van der Waals surface area contributed by atoms with Crippen molar-refractivity contribution in [3.8, 4) is 5.75 Å². The molecule has 0 aliphatic heterocycles. The highest BCUT2D eigenvalue weighted by Crippen LogP contribution is 2.36. The molecule has 1 atom stereocenters. The van der Waals surface area contributed by atoms with Gasteiger partial charge in [-0.15, -0.1) is 0 Å². The van der Waals surface area contributed by atoms with Gasteiger partial charge in [0.15, 0.2) is 5.78 Å². The van der Waals surface area contributed by atoms with Gasteiger partial charge in [0.25, 0.3) is 0 Å². The van der Waals surface area contributed by atoms with Crippen LogP contribution in [-0.2, 0) is 6.54 Å². The molecule has 0 radical (unpaired) electrons. The van der Waals surface area contributed by atoms with Gasteiger partial charge in [0.1, 0.15) is 5.75 Å². The standard InChI is InChI=1S/C27H27NO2/c1-3-17-28-19-25(23-11-7-8-12-26(23)28)24(20-13-15-22(30-2)16-14-20)18-27(29)21-9-5-4-6-10-21/h4-16,19,24H,3,17-18H2,1-2H3. The van der Waals surface area contributed by atoms with Crippen LogP contribution < -0.4 is 4.74 Å². The molecule has 3 heteroatoms. The monoisotopic (exact) mass is 397 g/mol. The molecule has 1 heterocycles. The summed E-state index contributed by atoms with van der Waals surface area (Å²) in [6, 6.07) is 26.2. The maximum Gasteiger partial charge on any atom is 0.163 e. The quantitative estimate of drug-likeness (QED) is 0.319. The van der Waals surface area contributed by atoms with Crippen LogP contribution in [0.15, 0.2) is 85.1 Å². The number of ether oxygens (including phenoxy) is 1. The molecule has 4 aromatic rings. The summed E-state index contributed by atoms with van der Waals surface area (Å²) < 4.78 is 7.65. The normalized spacial score (nSPS) is 12.1. The fourth-order valence-electron chi connectivity index (χ4n) is 4.15. The molecule has 0 aliphatic rings. The Labute approximate surface area is 177 Å². The van der Waals surface area contributed by atoms with E-state index >= 15 is 0 Å². The van der Waals surface area contributed by atoms with E-state index in [4.69, 9.17) is 4.74 Å². The molecular formula is C27H27NO2. The van der Waals surface area contributed by atoms with Gasteiger partial charge in [-0.25, -0.2) is 0 Å². The van der Waals surface area contributed by atoms with E-state index in [-0.39, 0.29) is 11.7 Å². The first kappa shape index (κ1) is 20.0. The molecule has 0 aliphatic carbocycles. The summed E-state index contributed by atoms with van der Waals surface area (Å²) in [4.78, 5) is 13.2. The second-order valence-corrected chi connectivity index (χ2v) is 7.61. The topological polar surface area (TPSA) is 31.2 Å². The summed E-state index contributed by atoms with van der Waals surface area (Å²) >= 11 is 0. The van der Waals surface area contributed by atoms with Crippen LogP contribution in [0.1, 0.15) is 47.2 Å². The van der Waals surface area contributed by atoms with Crippen LogP contribution in [0.4, 0.5) is 0 Å². The average molecular weight is 398 g/mol. The lowest BCUT2D eigenvalue weighted by Crippen LogP contribution is -2.09. The van der Waals surface area contributed by atoms with E-state index in [1.165, 1.54) is 16.5 Å². The third-order valence-corrected chi connectivity index (χ3v) is 5.66. The maximum absolute atomic E-state index is 13.2. The van der Waals surface area contributed by atoms with Gasteiger partial charge >= 0.3 is 0 Å². The number of methoxy groups -OCH3 is 1. The van der Waals surface area contributed by atoms with E-state index in [0.29, 0.717) is 6.42 Å². The van der Waals surface area contributed by atoms with Gasteiger partial charge in [0.2, 0.25) is 0 Å². The number of para-hydroxylation sites is 1. The summed E-state index contributed by atoms with van der Waals surface area (Å²) in [6.07, 6.45) is 3.73. The Morgan fingerprint density at radius 1 is 0.933 bits per heavy atom. The molecule has 4 rings (SSSR count). The summed E-state index contributed by atoms with van der Waals surface area (Å²) in [5.74, 6) is 0.954. The molecule has 1 unspecified atom stereocenters. The zero-order chi connectivity index (χ0) is 20.9. The number of hydrogen-bond acceptors (Lipinski definition) is 2. The summed E-state index contributed by atoms with van der Waals surface area (Å²) in [6.45, 7) is 3.15. The van der Waals surface area contributed by atoms with Gasteiger partial charge in [-0.2, -0.15) is 0 Å². The van der Waals surface area contributed by atoms with Crippen molar-refractivity contribution in [2.24, 2.45) is 0 Å². The van der Waals surface area contributed by atoms with Crippen LogP contribution in [0.5, 0.6) is 5.75 Å². The number of nitrogens with zero attached hydrogens (tertiary/aromatic N) is 1. The Hall–Kier alpha value is -3.33. The van der Waals surface area contributed by atoms with Crippen LogP contribution in [0.3, 0.4) is 0 Å². The number of rotatable bonds is 8. The Balaban J connectivity index is 1.81. The van der Waals surface area contributed by atoms with Crippen molar-refractivity contribution in [3.63, 3.8) is 0 Å². The van der Waals surface area contributed by atoms with E-state index in [1.54, 1.807) is 7.11 Å². The van der Waals surface area contributed by atoms with Crippen LogP contribution in [-0.4, -0.2) is 17.5 Å². The first-order valence-corrected chi connectivity index (χ1v) is 10.5. The van der Waals surface area contributed by atoms with Gasteiger partial charge in [-0.05, 0) is 35.7 Å².